The van der Waals surface area contributed by atoms with E-state index in [1.54, 1.807) is 4.68 Å². The van der Waals surface area contributed by atoms with Gasteiger partial charge in [0.15, 0.2) is 0 Å². The van der Waals surface area contributed by atoms with Crippen molar-refractivity contribution in [2.45, 2.75) is 19.4 Å². The van der Waals surface area contributed by atoms with Gasteiger partial charge < -0.3 is 5.11 Å². The number of hydrogen-bond donors (Lipinski definition) is 1. The monoisotopic (exact) mass is 204 g/mol. The van der Waals surface area contributed by atoms with Crippen LogP contribution < -0.4 is 0 Å². The summed E-state index contributed by atoms with van der Waals surface area (Å²) < 4.78 is 1.80. The molecule has 0 unspecified atom stereocenters. The summed E-state index contributed by atoms with van der Waals surface area (Å²) in [4.78, 5) is 10.3. The van der Waals surface area contributed by atoms with Gasteiger partial charge in [-0.15, -0.1) is 0 Å². The SMILES string of the molecule is O=C(O)CCCn1cc2ccccc2n1. The van der Waals surface area contributed by atoms with Gasteiger partial charge >= 0.3 is 5.97 Å². The quantitative estimate of drug-likeness (QED) is 0.827. The summed E-state index contributed by atoms with van der Waals surface area (Å²) in [5.41, 5.74) is 0.952. The molecule has 78 valence electrons. The van der Waals surface area contributed by atoms with Crippen LogP contribution in [0.2, 0.25) is 0 Å². The number of aliphatic carboxylic acids is 1. The fourth-order valence-corrected chi connectivity index (χ4v) is 1.52. The van der Waals surface area contributed by atoms with Crippen LogP contribution in [-0.4, -0.2) is 20.9 Å². The number of carboxylic acid groups (broad SMARTS) is 1. The smallest absolute Gasteiger partial charge is 0.303 e. The molecule has 4 nitrogen and oxygen atoms in total. The number of aromatic nitrogens is 2. The van der Waals surface area contributed by atoms with Gasteiger partial charge in [0.25, 0.3) is 0 Å². The van der Waals surface area contributed by atoms with E-state index in [4.69, 9.17) is 5.11 Å². The topological polar surface area (TPSA) is 55.1 Å². The largest absolute Gasteiger partial charge is 0.481 e. The second kappa shape index (κ2) is 4.13. The third-order valence-corrected chi connectivity index (χ3v) is 2.24. The normalized spacial score (nSPS) is 10.7. The van der Waals surface area contributed by atoms with Gasteiger partial charge in [-0.1, -0.05) is 18.2 Å². The highest BCUT2D eigenvalue weighted by molar-refractivity contribution is 5.77. The van der Waals surface area contributed by atoms with Gasteiger partial charge in [-0.2, -0.15) is 5.10 Å². The van der Waals surface area contributed by atoms with Crippen LogP contribution in [0.5, 0.6) is 0 Å². The van der Waals surface area contributed by atoms with Gasteiger partial charge in [0.05, 0.1) is 5.52 Å². The molecule has 0 aliphatic heterocycles. The van der Waals surface area contributed by atoms with E-state index in [0.29, 0.717) is 13.0 Å². The van der Waals surface area contributed by atoms with E-state index >= 15 is 0 Å². The lowest BCUT2D eigenvalue weighted by molar-refractivity contribution is -0.137. The van der Waals surface area contributed by atoms with Crippen molar-refractivity contribution in [3.8, 4) is 0 Å². The van der Waals surface area contributed by atoms with Crippen LogP contribution >= 0.6 is 0 Å². The summed E-state index contributed by atoms with van der Waals surface area (Å²) in [6.45, 7) is 0.654. The molecule has 0 aliphatic carbocycles. The molecular weight excluding hydrogens is 192 g/mol. The molecule has 4 heteroatoms. The lowest BCUT2D eigenvalue weighted by Gasteiger charge is -1.97. The van der Waals surface area contributed by atoms with Gasteiger partial charge in [-0.05, 0) is 12.5 Å². The zero-order valence-corrected chi connectivity index (χ0v) is 8.26. The van der Waals surface area contributed by atoms with E-state index < -0.39 is 5.97 Å². The Kier molecular flexibility index (Phi) is 2.67. The molecule has 0 amide bonds. The maximum absolute atomic E-state index is 10.3. The summed E-state index contributed by atoms with van der Waals surface area (Å²) in [5, 5.41) is 13.9. The zero-order chi connectivity index (χ0) is 10.7. The molecule has 0 spiro atoms. The molecule has 0 saturated carbocycles. The number of fused-ring (bicyclic) bond motifs is 1. The average Bonchev–Trinajstić information content (AvgIpc) is 2.59. The van der Waals surface area contributed by atoms with Crippen molar-refractivity contribution in [2.24, 2.45) is 0 Å². The van der Waals surface area contributed by atoms with Crippen LogP contribution in [0.25, 0.3) is 10.9 Å². The molecule has 1 aromatic carbocycles. The summed E-state index contributed by atoms with van der Waals surface area (Å²) in [5.74, 6) is -0.758. The predicted octanol–water partition coefficient (Wildman–Crippen LogP) is 1.90. The van der Waals surface area contributed by atoms with Crippen molar-refractivity contribution >= 4 is 16.9 Å². The Morgan fingerprint density at radius 1 is 1.40 bits per heavy atom. The standard InChI is InChI=1S/C11H12N2O2/c14-11(15)6-3-7-13-8-9-4-1-2-5-10(9)12-13/h1-2,4-5,8H,3,6-7H2,(H,14,15). The molecule has 1 N–H and O–H groups in total. The number of carbonyl (C=O) groups is 1. The van der Waals surface area contributed by atoms with Crippen LogP contribution in [-0.2, 0) is 11.3 Å². The van der Waals surface area contributed by atoms with E-state index in [1.807, 2.05) is 30.5 Å². The van der Waals surface area contributed by atoms with E-state index in [9.17, 15) is 4.79 Å². The highest BCUT2D eigenvalue weighted by Crippen LogP contribution is 2.11. The zero-order valence-electron chi connectivity index (χ0n) is 8.26. The number of benzene rings is 1. The maximum Gasteiger partial charge on any atom is 0.303 e. The summed E-state index contributed by atoms with van der Waals surface area (Å²) in [7, 11) is 0. The second-order valence-corrected chi connectivity index (χ2v) is 3.45. The molecule has 0 bridgehead atoms. The first kappa shape index (κ1) is 9.71. The van der Waals surface area contributed by atoms with Gasteiger partial charge in [0, 0.05) is 24.5 Å². The molecule has 2 aromatic rings. The fraction of sp³-hybridized carbons (Fsp3) is 0.273. The van der Waals surface area contributed by atoms with Crippen molar-refractivity contribution in [1.29, 1.82) is 0 Å². The first-order valence-corrected chi connectivity index (χ1v) is 4.90. The molecule has 1 aromatic heterocycles. The molecule has 2 rings (SSSR count). The van der Waals surface area contributed by atoms with Crippen molar-refractivity contribution in [2.75, 3.05) is 0 Å². The van der Waals surface area contributed by atoms with Gasteiger partial charge in [-0.3, -0.25) is 9.48 Å². The highest BCUT2D eigenvalue weighted by Gasteiger charge is 2.00. The van der Waals surface area contributed by atoms with Crippen LogP contribution in [0.4, 0.5) is 0 Å². The average molecular weight is 204 g/mol. The highest BCUT2D eigenvalue weighted by atomic mass is 16.4. The number of nitrogens with zero attached hydrogens (tertiary/aromatic N) is 2. The Labute approximate surface area is 87.1 Å². The van der Waals surface area contributed by atoms with Crippen molar-refractivity contribution < 1.29 is 9.90 Å². The Morgan fingerprint density at radius 2 is 2.20 bits per heavy atom. The van der Waals surface area contributed by atoms with E-state index in [1.165, 1.54) is 0 Å². The Bertz CT molecular complexity index is 443. The molecule has 0 atom stereocenters. The van der Waals surface area contributed by atoms with Gasteiger partial charge in [-0.25, -0.2) is 0 Å². The maximum atomic E-state index is 10.3. The predicted molar refractivity (Wildman–Crippen MR) is 56.6 cm³/mol. The third-order valence-electron chi connectivity index (χ3n) is 2.24. The molecule has 0 fully saturated rings. The van der Waals surface area contributed by atoms with Gasteiger partial charge in [0.2, 0.25) is 0 Å². The van der Waals surface area contributed by atoms with Crippen molar-refractivity contribution in [3.63, 3.8) is 0 Å². The minimum Gasteiger partial charge on any atom is -0.481 e. The first-order valence-electron chi connectivity index (χ1n) is 4.90. The minimum atomic E-state index is -0.758. The van der Waals surface area contributed by atoms with E-state index in [2.05, 4.69) is 5.10 Å². The summed E-state index contributed by atoms with van der Waals surface area (Å²) in [6.07, 6.45) is 2.75. The van der Waals surface area contributed by atoms with Crippen LogP contribution in [0.1, 0.15) is 12.8 Å². The van der Waals surface area contributed by atoms with Crippen LogP contribution in [0.15, 0.2) is 30.5 Å². The third kappa shape index (κ3) is 2.34. The second-order valence-electron chi connectivity index (χ2n) is 3.45. The Hall–Kier alpha value is -1.84. The molecule has 0 saturated heterocycles. The Morgan fingerprint density at radius 3 is 2.93 bits per heavy atom. The Balaban J connectivity index is 2.05. The lowest BCUT2D eigenvalue weighted by Crippen LogP contribution is -2.02. The van der Waals surface area contributed by atoms with E-state index in [0.717, 1.165) is 10.9 Å². The van der Waals surface area contributed by atoms with E-state index in [-0.39, 0.29) is 6.42 Å². The number of rotatable bonds is 4. The minimum absolute atomic E-state index is 0.191. The molecular formula is C11H12N2O2. The number of aryl methyl sites for hydroxylation is 1. The number of carboxylic acids is 1. The number of hydrogen-bond acceptors (Lipinski definition) is 2. The summed E-state index contributed by atoms with van der Waals surface area (Å²) >= 11 is 0. The van der Waals surface area contributed by atoms with Crippen molar-refractivity contribution in [1.82, 2.24) is 9.78 Å². The molecule has 1 heterocycles. The van der Waals surface area contributed by atoms with Crippen LogP contribution in [0, 0.1) is 0 Å². The first-order chi connectivity index (χ1) is 7.25. The van der Waals surface area contributed by atoms with Gasteiger partial charge in [0.1, 0.15) is 0 Å². The molecule has 0 radical (unpaired) electrons. The molecule has 15 heavy (non-hydrogen) atoms. The molecule has 0 aliphatic rings. The summed E-state index contributed by atoms with van der Waals surface area (Å²) in [6, 6.07) is 7.85. The van der Waals surface area contributed by atoms with Crippen LogP contribution in [0.3, 0.4) is 0 Å². The lowest BCUT2D eigenvalue weighted by atomic mass is 10.3. The van der Waals surface area contributed by atoms with Crippen molar-refractivity contribution in [3.05, 3.63) is 30.5 Å². The fourth-order valence-electron chi connectivity index (χ4n) is 1.52.